The number of esters is 1. The van der Waals surface area contributed by atoms with Crippen molar-refractivity contribution in [2.75, 3.05) is 0 Å². The van der Waals surface area contributed by atoms with Crippen LogP contribution in [-0.2, 0) is 14.3 Å². The molecule has 2 aromatic carbocycles. The molecule has 0 aromatic heterocycles. The lowest BCUT2D eigenvalue weighted by Crippen LogP contribution is -2.19. The number of carbonyl (C=O) groups is 3. The Balaban J connectivity index is 2.31. The first-order chi connectivity index (χ1) is 11.5. The van der Waals surface area contributed by atoms with E-state index in [1.807, 2.05) is 19.1 Å². The van der Waals surface area contributed by atoms with Crippen LogP contribution in [0.5, 0.6) is 0 Å². The summed E-state index contributed by atoms with van der Waals surface area (Å²) in [6, 6.07) is 15.5. The SMILES string of the molecule is Cc1ccc(C(OC(=O)/C=C/C(=O)O)C(=O)c2ccccc2)cc1. The highest BCUT2D eigenvalue weighted by Gasteiger charge is 2.25. The van der Waals surface area contributed by atoms with Crippen molar-refractivity contribution in [1.82, 2.24) is 0 Å². The number of aliphatic carboxylic acids is 1. The summed E-state index contributed by atoms with van der Waals surface area (Å²) >= 11 is 0. The van der Waals surface area contributed by atoms with Crippen LogP contribution in [0.3, 0.4) is 0 Å². The number of aryl methyl sites for hydroxylation is 1. The van der Waals surface area contributed by atoms with Gasteiger partial charge in [-0.05, 0) is 6.92 Å². The summed E-state index contributed by atoms with van der Waals surface area (Å²) < 4.78 is 5.20. The van der Waals surface area contributed by atoms with Gasteiger partial charge in [0.15, 0.2) is 6.10 Å². The van der Waals surface area contributed by atoms with Crippen molar-refractivity contribution in [3.05, 3.63) is 83.4 Å². The van der Waals surface area contributed by atoms with E-state index in [0.29, 0.717) is 17.2 Å². The van der Waals surface area contributed by atoms with Gasteiger partial charge in [-0.15, -0.1) is 0 Å². The number of carboxylic acids is 1. The summed E-state index contributed by atoms with van der Waals surface area (Å²) in [5, 5.41) is 8.57. The molecule has 2 aromatic rings. The number of ketones is 1. The van der Waals surface area contributed by atoms with Crippen LogP contribution in [0.1, 0.15) is 27.6 Å². The highest BCUT2D eigenvalue weighted by molar-refractivity contribution is 6.01. The number of Topliss-reactive ketones (excluding diaryl/α,β-unsaturated/α-hetero) is 1. The fourth-order valence-corrected chi connectivity index (χ4v) is 2.06. The van der Waals surface area contributed by atoms with Crippen molar-refractivity contribution in [3.63, 3.8) is 0 Å². The van der Waals surface area contributed by atoms with Crippen molar-refractivity contribution in [2.45, 2.75) is 13.0 Å². The van der Waals surface area contributed by atoms with Crippen LogP contribution >= 0.6 is 0 Å². The van der Waals surface area contributed by atoms with Crippen LogP contribution < -0.4 is 0 Å². The smallest absolute Gasteiger partial charge is 0.332 e. The predicted octanol–water partition coefficient (Wildman–Crippen LogP) is 3.10. The first kappa shape index (κ1) is 17.1. The molecule has 0 fully saturated rings. The second-order valence-corrected chi connectivity index (χ2v) is 5.13. The molecule has 0 radical (unpaired) electrons. The largest absolute Gasteiger partial charge is 0.478 e. The molecule has 0 aliphatic heterocycles. The number of benzene rings is 2. The maximum Gasteiger partial charge on any atom is 0.332 e. The Kier molecular flexibility index (Phi) is 5.63. The molecule has 1 N–H and O–H groups in total. The zero-order valence-corrected chi connectivity index (χ0v) is 13.0. The van der Waals surface area contributed by atoms with Crippen molar-refractivity contribution in [2.24, 2.45) is 0 Å². The summed E-state index contributed by atoms with van der Waals surface area (Å²) in [7, 11) is 0. The van der Waals surface area contributed by atoms with E-state index in [-0.39, 0.29) is 5.78 Å². The van der Waals surface area contributed by atoms with Crippen molar-refractivity contribution < 1.29 is 24.2 Å². The molecule has 0 amide bonds. The van der Waals surface area contributed by atoms with Gasteiger partial charge in [-0.3, -0.25) is 4.79 Å². The fraction of sp³-hybridized carbons (Fsp3) is 0.105. The van der Waals surface area contributed by atoms with Crippen LogP contribution in [0, 0.1) is 6.92 Å². The minimum absolute atomic E-state index is 0.378. The molecule has 0 saturated carbocycles. The summed E-state index contributed by atoms with van der Waals surface area (Å²) in [4.78, 5) is 35.0. The summed E-state index contributed by atoms with van der Waals surface area (Å²) in [5.74, 6) is -2.54. The number of carbonyl (C=O) groups excluding carboxylic acids is 2. The Morgan fingerprint density at radius 2 is 1.58 bits per heavy atom. The van der Waals surface area contributed by atoms with Gasteiger partial charge in [0.1, 0.15) is 0 Å². The molecule has 5 heteroatoms. The monoisotopic (exact) mass is 324 g/mol. The third kappa shape index (κ3) is 4.64. The predicted molar refractivity (Wildman–Crippen MR) is 87.6 cm³/mol. The maximum absolute atomic E-state index is 12.7. The van der Waals surface area contributed by atoms with E-state index < -0.39 is 18.0 Å². The molecule has 1 atom stereocenters. The molecule has 0 aliphatic rings. The Labute approximate surface area is 139 Å². The average molecular weight is 324 g/mol. The lowest BCUT2D eigenvalue weighted by atomic mass is 9.99. The number of rotatable bonds is 6. The number of hydrogen-bond acceptors (Lipinski definition) is 4. The Morgan fingerprint density at radius 3 is 2.17 bits per heavy atom. The minimum Gasteiger partial charge on any atom is -0.478 e. The van der Waals surface area contributed by atoms with Gasteiger partial charge < -0.3 is 9.84 Å². The number of carboxylic acid groups (broad SMARTS) is 1. The van der Waals surface area contributed by atoms with Gasteiger partial charge in [0.2, 0.25) is 5.78 Å². The normalized spacial score (nSPS) is 11.9. The second kappa shape index (κ2) is 7.87. The standard InChI is InChI=1S/C19H16O5/c1-13-7-9-15(10-8-13)19(24-17(22)12-11-16(20)21)18(23)14-5-3-2-4-6-14/h2-12,19H,1H3,(H,20,21)/b12-11+. The number of hydrogen-bond donors (Lipinski definition) is 1. The topological polar surface area (TPSA) is 80.7 Å². The molecule has 24 heavy (non-hydrogen) atoms. The van der Waals surface area contributed by atoms with Crippen LogP contribution in [0.15, 0.2) is 66.7 Å². The Hall–Kier alpha value is -3.21. The van der Waals surface area contributed by atoms with Gasteiger partial charge in [-0.1, -0.05) is 60.2 Å². The zero-order chi connectivity index (χ0) is 17.5. The molecular weight excluding hydrogens is 308 g/mol. The molecule has 2 rings (SSSR count). The van der Waals surface area contributed by atoms with Gasteiger partial charge >= 0.3 is 11.9 Å². The van der Waals surface area contributed by atoms with Crippen molar-refractivity contribution >= 4 is 17.7 Å². The van der Waals surface area contributed by atoms with Gasteiger partial charge in [-0.2, -0.15) is 0 Å². The highest BCUT2D eigenvalue weighted by atomic mass is 16.5. The molecule has 5 nitrogen and oxygen atoms in total. The lowest BCUT2D eigenvalue weighted by Gasteiger charge is -2.16. The molecule has 1 unspecified atom stereocenters. The van der Waals surface area contributed by atoms with E-state index in [0.717, 1.165) is 11.6 Å². The Bertz CT molecular complexity index is 760. The third-order valence-electron chi connectivity index (χ3n) is 3.27. The van der Waals surface area contributed by atoms with Crippen LogP contribution in [0.2, 0.25) is 0 Å². The van der Waals surface area contributed by atoms with E-state index in [2.05, 4.69) is 0 Å². The molecular formula is C19H16O5. The van der Waals surface area contributed by atoms with E-state index in [4.69, 9.17) is 9.84 Å². The van der Waals surface area contributed by atoms with Crippen LogP contribution in [0.4, 0.5) is 0 Å². The van der Waals surface area contributed by atoms with E-state index in [9.17, 15) is 14.4 Å². The van der Waals surface area contributed by atoms with Crippen molar-refractivity contribution in [3.8, 4) is 0 Å². The van der Waals surface area contributed by atoms with Crippen molar-refractivity contribution in [1.29, 1.82) is 0 Å². The molecule has 0 aliphatic carbocycles. The van der Waals surface area contributed by atoms with Crippen LogP contribution in [-0.4, -0.2) is 22.8 Å². The summed E-state index contributed by atoms with van der Waals surface area (Å²) in [5.41, 5.74) is 1.92. The lowest BCUT2D eigenvalue weighted by molar-refractivity contribution is -0.142. The van der Waals surface area contributed by atoms with Crippen LogP contribution in [0.25, 0.3) is 0 Å². The second-order valence-electron chi connectivity index (χ2n) is 5.13. The molecule has 0 saturated heterocycles. The van der Waals surface area contributed by atoms with Gasteiger partial charge in [0, 0.05) is 23.3 Å². The van der Waals surface area contributed by atoms with E-state index >= 15 is 0 Å². The molecule has 122 valence electrons. The quantitative estimate of drug-likeness (QED) is 0.502. The number of ether oxygens (including phenoxy) is 1. The fourth-order valence-electron chi connectivity index (χ4n) is 2.06. The first-order valence-corrected chi connectivity index (χ1v) is 7.25. The van der Waals surface area contributed by atoms with E-state index in [1.54, 1.807) is 42.5 Å². The third-order valence-corrected chi connectivity index (χ3v) is 3.27. The van der Waals surface area contributed by atoms with Gasteiger partial charge in [0.25, 0.3) is 0 Å². The van der Waals surface area contributed by atoms with E-state index in [1.165, 1.54) is 0 Å². The van der Waals surface area contributed by atoms with Gasteiger partial charge in [0.05, 0.1) is 0 Å². The molecule has 0 spiro atoms. The zero-order valence-electron chi connectivity index (χ0n) is 13.0. The van der Waals surface area contributed by atoms with Gasteiger partial charge in [-0.25, -0.2) is 9.59 Å². The average Bonchev–Trinajstić information content (AvgIpc) is 2.59. The molecule has 0 bridgehead atoms. The summed E-state index contributed by atoms with van der Waals surface area (Å²) in [6.07, 6.45) is 0.308. The minimum atomic E-state index is -1.27. The molecule has 0 heterocycles. The Morgan fingerprint density at radius 1 is 0.958 bits per heavy atom. The first-order valence-electron chi connectivity index (χ1n) is 7.25. The highest BCUT2D eigenvalue weighted by Crippen LogP contribution is 2.23. The maximum atomic E-state index is 12.7. The summed E-state index contributed by atoms with van der Waals surface area (Å²) in [6.45, 7) is 1.90.